The van der Waals surface area contributed by atoms with Crippen molar-refractivity contribution in [3.63, 3.8) is 0 Å². The third kappa shape index (κ3) is 3.30. The highest BCUT2D eigenvalue weighted by Crippen LogP contribution is 2.34. The van der Waals surface area contributed by atoms with Gasteiger partial charge in [-0.2, -0.15) is 0 Å². The Bertz CT molecular complexity index is 435. The molecule has 0 spiro atoms. The van der Waals surface area contributed by atoms with Crippen molar-refractivity contribution in [3.05, 3.63) is 6.33 Å². The summed E-state index contributed by atoms with van der Waals surface area (Å²) in [4.78, 5) is 10.7. The molecule has 0 radical (unpaired) electrons. The molecule has 0 unspecified atom stereocenters. The van der Waals surface area contributed by atoms with Gasteiger partial charge in [0.1, 0.15) is 6.33 Å². The van der Waals surface area contributed by atoms with Crippen LogP contribution < -0.4 is 15.0 Å². The van der Waals surface area contributed by atoms with Gasteiger partial charge in [-0.15, -0.1) is 0 Å². The monoisotopic (exact) mass is 280 g/mol. The second-order valence-corrected chi connectivity index (χ2v) is 5.38. The Morgan fingerprint density at radius 1 is 1.45 bits per heavy atom. The van der Waals surface area contributed by atoms with Crippen LogP contribution in [0.4, 0.5) is 11.6 Å². The van der Waals surface area contributed by atoms with Crippen molar-refractivity contribution in [2.24, 2.45) is 5.92 Å². The molecule has 1 saturated carbocycles. The maximum Gasteiger partial charge on any atom is 0.204 e. The molecular formula is C14H24N4O2. The van der Waals surface area contributed by atoms with Gasteiger partial charge in [-0.1, -0.05) is 6.92 Å². The fraction of sp³-hybridized carbons (Fsp3) is 0.714. The summed E-state index contributed by atoms with van der Waals surface area (Å²) in [7, 11) is 3.64. The number of hydrogen-bond acceptors (Lipinski definition) is 6. The highest BCUT2D eigenvalue weighted by atomic mass is 16.5. The zero-order valence-corrected chi connectivity index (χ0v) is 12.5. The molecule has 2 rings (SSSR count). The van der Waals surface area contributed by atoms with E-state index in [4.69, 9.17) is 4.74 Å². The van der Waals surface area contributed by atoms with Gasteiger partial charge in [0.15, 0.2) is 11.6 Å². The predicted octanol–water partition coefficient (Wildman–Crippen LogP) is 1.51. The van der Waals surface area contributed by atoms with E-state index in [0.717, 1.165) is 44.0 Å². The van der Waals surface area contributed by atoms with Gasteiger partial charge in [0.25, 0.3) is 0 Å². The van der Waals surface area contributed by atoms with Crippen LogP contribution in [0.2, 0.25) is 0 Å². The fourth-order valence-corrected chi connectivity index (χ4v) is 2.52. The van der Waals surface area contributed by atoms with Gasteiger partial charge in [-0.25, -0.2) is 9.97 Å². The van der Waals surface area contributed by atoms with E-state index < -0.39 is 0 Å². The third-order valence-corrected chi connectivity index (χ3v) is 3.64. The highest BCUT2D eigenvalue weighted by Gasteiger charge is 2.29. The SMILES string of the molecule is CCCNc1ncnc(N(C)CC2CC(O)C2)c1OC. The summed E-state index contributed by atoms with van der Waals surface area (Å²) in [5.74, 6) is 2.74. The summed E-state index contributed by atoms with van der Waals surface area (Å²) in [6.07, 6.45) is 4.21. The van der Waals surface area contributed by atoms with Crippen molar-refractivity contribution in [1.29, 1.82) is 0 Å². The van der Waals surface area contributed by atoms with Crippen molar-refractivity contribution in [3.8, 4) is 5.75 Å². The number of aromatic nitrogens is 2. The van der Waals surface area contributed by atoms with Crippen LogP contribution in [0.3, 0.4) is 0 Å². The van der Waals surface area contributed by atoms with E-state index in [-0.39, 0.29) is 6.10 Å². The fourth-order valence-electron chi connectivity index (χ4n) is 2.52. The Morgan fingerprint density at radius 3 is 2.80 bits per heavy atom. The minimum atomic E-state index is -0.123. The largest absolute Gasteiger partial charge is 0.490 e. The van der Waals surface area contributed by atoms with E-state index in [1.54, 1.807) is 13.4 Å². The minimum absolute atomic E-state index is 0.123. The molecule has 1 fully saturated rings. The molecule has 0 aromatic carbocycles. The van der Waals surface area contributed by atoms with Crippen molar-refractivity contribution >= 4 is 11.6 Å². The van der Waals surface area contributed by atoms with Crippen LogP contribution in [-0.4, -0.2) is 48.4 Å². The molecule has 2 N–H and O–H groups in total. The van der Waals surface area contributed by atoms with E-state index in [1.165, 1.54) is 0 Å². The van der Waals surface area contributed by atoms with Crippen molar-refractivity contribution < 1.29 is 9.84 Å². The van der Waals surface area contributed by atoms with Crippen LogP contribution in [0.5, 0.6) is 5.75 Å². The molecule has 1 aromatic heterocycles. The standard InChI is InChI=1S/C14H24N4O2/c1-4-5-15-13-12(20-3)14(17-9-16-13)18(2)8-10-6-11(19)7-10/h9-11,19H,4-8H2,1-3H3,(H,15,16,17). The average Bonchev–Trinajstić information content (AvgIpc) is 2.42. The van der Waals surface area contributed by atoms with Gasteiger partial charge < -0.3 is 20.1 Å². The zero-order chi connectivity index (χ0) is 14.5. The number of nitrogens with one attached hydrogen (secondary N) is 1. The summed E-state index contributed by atoms with van der Waals surface area (Å²) < 4.78 is 5.47. The first-order chi connectivity index (χ1) is 9.65. The lowest BCUT2D eigenvalue weighted by molar-refractivity contribution is 0.0464. The molecule has 0 bridgehead atoms. The molecule has 0 atom stereocenters. The molecule has 1 heterocycles. The van der Waals surface area contributed by atoms with E-state index in [2.05, 4.69) is 27.1 Å². The number of rotatable bonds is 7. The zero-order valence-electron chi connectivity index (χ0n) is 12.5. The van der Waals surface area contributed by atoms with E-state index in [0.29, 0.717) is 11.7 Å². The number of methoxy groups -OCH3 is 1. The molecule has 6 heteroatoms. The van der Waals surface area contributed by atoms with Crippen LogP contribution in [0.15, 0.2) is 6.33 Å². The lowest BCUT2D eigenvalue weighted by atomic mass is 9.82. The van der Waals surface area contributed by atoms with E-state index >= 15 is 0 Å². The molecule has 0 aliphatic heterocycles. The quantitative estimate of drug-likeness (QED) is 0.789. The second kappa shape index (κ2) is 6.74. The van der Waals surface area contributed by atoms with Gasteiger partial charge in [-0.3, -0.25) is 0 Å². The molecule has 1 aromatic rings. The van der Waals surface area contributed by atoms with Crippen LogP contribution in [-0.2, 0) is 0 Å². The van der Waals surface area contributed by atoms with E-state index in [9.17, 15) is 5.11 Å². The van der Waals surface area contributed by atoms with Gasteiger partial charge in [0, 0.05) is 20.1 Å². The van der Waals surface area contributed by atoms with Crippen molar-refractivity contribution in [2.45, 2.75) is 32.3 Å². The Hall–Kier alpha value is -1.56. The molecule has 112 valence electrons. The third-order valence-electron chi connectivity index (χ3n) is 3.64. The summed E-state index contributed by atoms with van der Waals surface area (Å²) in [6, 6.07) is 0. The smallest absolute Gasteiger partial charge is 0.204 e. The van der Waals surface area contributed by atoms with Crippen LogP contribution in [0.25, 0.3) is 0 Å². The summed E-state index contributed by atoms with van der Waals surface area (Å²) >= 11 is 0. The molecule has 0 amide bonds. The Balaban J connectivity index is 2.08. The van der Waals surface area contributed by atoms with Gasteiger partial charge in [0.05, 0.1) is 13.2 Å². The lowest BCUT2D eigenvalue weighted by Gasteiger charge is -2.35. The second-order valence-electron chi connectivity index (χ2n) is 5.38. The molecule has 1 aliphatic carbocycles. The number of aliphatic hydroxyl groups is 1. The molecule has 6 nitrogen and oxygen atoms in total. The number of aliphatic hydroxyl groups excluding tert-OH is 1. The molecular weight excluding hydrogens is 256 g/mol. The summed E-state index contributed by atoms with van der Waals surface area (Å²) in [5, 5.41) is 12.6. The first-order valence-electron chi connectivity index (χ1n) is 7.17. The highest BCUT2D eigenvalue weighted by molar-refractivity contribution is 5.64. The van der Waals surface area contributed by atoms with Gasteiger partial charge in [-0.05, 0) is 25.2 Å². The van der Waals surface area contributed by atoms with Crippen molar-refractivity contribution in [2.75, 3.05) is 37.5 Å². The van der Waals surface area contributed by atoms with Crippen molar-refractivity contribution in [1.82, 2.24) is 9.97 Å². The van der Waals surface area contributed by atoms with Crippen LogP contribution in [0, 0.1) is 5.92 Å². The summed E-state index contributed by atoms with van der Waals surface area (Å²) in [5.41, 5.74) is 0. The maximum absolute atomic E-state index is 9.36. The number of hydrogen-bond donors (Lipinski definition) is 2. The first kappa shape index (κ1) is 14.8. The topological polar surface area (TPSA) is 70.5 Å². The average molecular weight is 280 g/mol. The van der Waals surface area contributed by atoms with Gasteiger partial charge >= 0.3 is 0 Å². The normalized spacial score (nSPS) is 21.2. The Morgan fingerprint density at radius 2 is 2.20 bits per heavy atom. The lowest BCUT2D eigenvalue weighted by Crippen LogP contribution is -2.37. The molecule has 1 aliphatic rings. The minimum Gasteiger partial charge on any atom is -0.490 e. The van der Waals surface area contributed by atoms with E-state index in [1.807, 2.05) is 7.05 Å². The number of anilines is 2. The Labute approximate surface area is 120 Å². The molecule has 20 heavy (non-hydrogen) atoms. The Kier molecular flexibility index (Phi) is 5.00. The predicted molar refractivity (Wildman–Crippen MR) is 79.4 cm³/mol. The van der Waals surface area contributed by atoms with Crippen LogP contribution >= 0.6 is 0 Å². The number of nitrogens with zero attached hydrogens (tertiary/aromatic N) is 3. The van der Waals surface area contributed by atoms with Crippen LogP contribution in [0.1, 0.15) is 26.2 Å². The number of ether oxygens (including phenoxy) is 1. The van der Waals surface area contributed by atoms with Gasteiger partial charge in [0.2, 0.25) is 5.75 Å². The summed E-state index contributed by atoms with van der Waals surface area (Å²) in [6.45, 7) is 3.83. The maximum atomic E-state index is 9.36. The first-order valence-corrected chi connectivity index (χ1v) is 7.17. The molecule has 0 saturated heterocycles.